The number of H-pyrrole nitrogens is 1. The van der Waals surface area contributed by atoms with Gasteiger partial charge in [-0.3, -0.25) is 0 Å². The van der Waals surface area contributed by atoms with Gasteiger partial charge >= 0.3 is 0 Å². The molecule has 3 aromatic rings. The van der Waals surface area contributed by atoms with Crippen LogP contribution in [0.3, 0.4) is 0 Å². The number of fused-ring (bicyclic) bond motifs is 1. The average molecular weight is 472 g/mol. The number of nitrogens with two attached hydrogens (primary N) is 1. The number of hydrogen-bond donors (Lipinski definition) is 2. The molecule has 3 heterocycles. The monoisotopic (exact) mass is 471 g/mol. The molecule has 33 heavy (non-hydrogen) atoms. The molecular weight excluding hydrogens is 433 g/mol. The van der Waals surface area contributed by atoms with Crippen LogP contribution in [-0.2, 0) is 4.52 Å². The molecule has 5 rings (SSSR count). The lowest BCUT2D eigenvalue weighted by molar-refractivity contribution is 0.229. The molecule has 1 atom stereocenters. The number of hydrogen-bond acceptors (Lipinski definition) is 6. The molecule has 0 spiro atoms. The minimum Gasteiger partial charge on any atom is -0.487 e. The molecule has 3 N–H and O–H groups in total. The van der Waals surface area contributed by atoms with Gasteiger partial charge in [0.2, 0.25) is 0 Å². The first-order chi connectivity index (χ1) is 16.0. The number of nitrogens with zero attached hydrogens (tertiary/aromatic N) is 3. The molecule has 180 valence electrons. The summed E-state index contributed by atoms with van der Waals surface area (Å²) in [5.74, 6) is 2.34. The fourth-order valence-corrected chi connectivity index (χ4v) is 4.32. The molecule has 1 aliphatic heterocycles. The number of nitrogens with one attached hydrogen (secondary N) is 1. The molecule has 8 heteroatoms. The standard InChI is InChI=1S/C16H19N4O2P.C5H10.C4H9N/c1-3-22-23(2)10-21-12-6-4-5-11(7-12)13-8-18-16-14(13)15(17)19-9-20-16;2*1-5-3-2-4-5/h4-9H,3,10H2,1-2H3,(H3,17,18,19,20);5H,2-4H2,1H3;2-4H2,1H3. The SMILES string of the molecule is CC1CCC1.CCOP(C)COc1cccc(-c2c[nH]c3ncnc(N)c23)c1.CN1CCC1. The number of aromatic nitrogens is 3. The van der Waals surface area contributed by atoms with E-state index >= 15 is 0 Å². The van der Waals surface area contributed by atoms with Crippen molar-refractivity contribution in [3.05, 3.63) is 36.8 Å². The maximum absolute atomic E-state index is 5.99. The number of anilines is 1. The van der Waals surface area contributed by atoms with Crippen LogP contribution in [-0.4, -0.2) is 59.6 Å². The van der Waals surface area contributed by atoms with Crippen LogP contribution in [0, 0.1) is 5.92 Å². The molecule has 0 amide bonds. The lowest BCUT2D eigenvalue weighted by Crippen LogP contribution is -2.32. The Bertz CT molecular complexity index is 976. The summed E-state index contributed by atoms with van der Waals surface area (Å²) in [6.45, 7) is 9.70. The van der Waals surface area contributed by atoms with Crippen molar-refractivity contribution in [2.24, 2.45) is 5.92 Å². The maximum atomic E-state index is 5.99. The Morgan fingerprint density at radius 1 is 1.21 bits per heavy atom. The van der Waals surface area contributed by atoms with Gasteiger partial charge in [0.05, 0.1) is 13.5 Å². The largest absolute Gasteiger partial charge is 0.487 e. The van der Waals surface area contributed by atoms with Crippen LogP contribution in [0.5, 0.6) is 5.75 Å². The number of ether oxygens (including phenoxy) is 1. The molecule has 2 fully saturated rings. The summed E-state index contributed by atoms with van der Waals surface area (Å²) in [5.41, 5.74) is 8.69. The molecule has 2 aromatic heterocycles. The minimum absolute atomic E-state index is 0.464. The molecule has 1 aromatic carbocycles. The van der Waals surface area contributed by atoms with Crippen molar-refractivity contribution in [1.29, 1.82) is 0 Å². The topological polar surface area (TPSA) is 89.3 Å². The second-order valence-electron chi connectivity index (χ2n) is 8.72. The fraction of sp³-hybridized carbons (Fsp3) is 0.520. The maximum Gasteiger partial charge on any atom is 0.143 e. The van der Waals surface area contributed by atoms with E-state index in [1.165, 1.54) is 45.1 Å². The lowest BCUT2D eigenvalue weighted by Gasteiger charge is -2.24. The van der Waals surface area contributed by atoms with E-state index < -0.39 is 8.15 Å². The molecule has 2 aliphatic rings. The van der Waals surface area contributed by atoms with E-state index in [9.17, 15) is 0 Å². The summed E-state index contributed by atoms with van der Waals surface area (Å²) >= 11 is 0. The molecule has 0 bridgehead atoms. The first kappa shape index (κ1) is 25.4. The fourth-order valence-electron chi connectivity index (χ4n) is 3.48. The molecule has 1 saturated heterocycles. The van der Waals surface area contributed by atoms with Crippen molar-refractivity contribution in [3.63, 3.8) is 0 Å². The summed E-state index contributed by atoms with van der Waals surface area (Å²) in [7, 11) is 1.58. The van der Waals surface area contributed by atoms with E-state index in [1.807, 2.05) is 37.4 Å². The Hall–Kier alpha value is -2.21. The van der Waals surface area contributed by atoms with Gasteiger partial charge in [0.15, 0.2) is 0 Å². The van der Waals surface area contributed by atoms with E-state index in [-0.39, 0.29) is 0 Å². The highest BCUT2D eigenvalue weighted by Crippen LogP contribution is 2.35. The smallest absolute Gasteiger partial charge is 0.143 e. The third kappa shape index (κ3) is 7.66. The number of likely N-dealkylation sites (tertiary alicyclic amines) is 1. The van der Waals surface area contributed by atoms with Gasteiger partial charge in [-0.1, -0.05) is 38.3 Å². The van der Waals surface area contributed by atoms with E-state index in [1.54, 1.807) is 0 Å². The highest BCUT2D eigenvalue weighted by atomic mass is 31.1. The van der Waals surface area contributed by atoms with Crippen molar-refractivity contribution in [2.75, 3.05) is 45.5 Å². The van der Waals surface area contributed by atoms with Crippen LogP contribution in [0.1, 0.15) is 39.5 Å². The van der Waals surface area contributed by atoms with Crippen LogP contribution in [0.2, 0.25) is 0 Å². The summed E-state index contributed by atoms with van der Waals surface area (Å²) in [6, 6.07) is 7.90. The first-order valence-electron chi connectivity index (χ1n) is 11.8. The van der Waals surface area contributed by atoms with Crippen molar-refractivity contribution in [3.8, 4) is 16.9 Å². The van der Waals surface area contributed by atoms with Gasteiger partial charge in [0.1, 0.15) is 29.9 Å². The summed E-state index contributed by atoms with van der Waals surface area (Å²) in [4.78, 5) is 13.7. The predicted molar refractivity (Wildman–Crippen MR) is 139 cm³/mol. The Balaban J connectivity index is 0.000000250. The number of benzene rings is 1. The number of aromatic amines is 1. The zero-order valence-corrected chi connectivity index (χ0v) is 21.3. The third-order valence-electron chi connectivity index (χ3n) is 5.88. The Morgan fingerprint density at radius 2 is 1.94 bits per heavy atom. The molecule has 1 aliphatic carbocycles. The van der Waals surface area contributed by atoms with Gasteiger partial charge in [-0.2, -0.15) is 0 Å². The van der Waals surface area contributed by atoms with Crippen molar-refractivity contribution < 1.29 is 9.26 Å². The molecule has 7 nitrogen and oxygen atoms in total. The second kappa shape index (κ2) is 12.9. The van der Waals surface area contributed by atoms with Gasteiger partial charge in [-0.15, -0.1) is 0 Å². The Morgan fingerprint density at radius 3 is 2.52 bits per heavy atom. The Kier molecular flexibility index (Phi) is 9.92. The predicted octanol–water partition coefficient (Wildman–Crippen LogP) is 5.73. The normalized spacial score (nSPS) is 16.5. The second-order valence-corrected chi connectivity index (χ2v) is 10.5. The van der Waals surface area contributed by atoms with Gasteiger partial charge < -0.3 is 24.9 Å². The zero-order valence-electron chi connectivity index (χ0n) is 20.4. The zero-order chi connectivity index (χ0) is 23.6. The van der Waals surface area contributed by atoms with E-state index in [0.29, 0.717) is 18.8 Å². The van der Waals surface area contributed by atoms with Gasteiger partial charge in [0, 0.05) is 18.4 Å². The Labute approximate surface area is 198 Å². The van der Waals surface area contributed by atoms with Crippen LogP contribution < -0.4 is 10.5 Å². The highest BCUT2D eigenvalue weighted by Gasteiger charge is 2.12. The van der Waals surface area contributed by atoms with E-state index in [2.05, 4.69) is 40.5 Å². The highest BCUT2D eigenvalue weighted by molar-refractivity contribution is 7.51. The lowest BCUT2D eigenvalue weighted by atomic mass is 9.88. The minimum atomic E-state index is -0.561. The van der Waals surface area contributed by atoms with Crippen LogP contribution in [0.4, 0.5) is 5.82 Å². The first-order valence-corrected chi connectivity index (χ1v) is 13.7. The van der Waals surface area contributed by atoms with Gasteiger partial charge in [0.25, 0.3) is 0 Å². The van der Waals surface area contributed by atoms with Crippen molar-refractivity contribution in [2.45, 2.75) is 39.5 Å². The molecule has 1 unspecified atom stereocenters. The summed E-state index contributed by atoms with van der Waals surface area (Å²) in [5, 5.41) is 0.830. The van der Waals surface area contributed by atoms with E-state index in [0.717, 1.165) is 33.8 Å². The van der Waals surface area contributed by atoms with Crippen LogP contribution in [0.25, 0.3) is 22.2 Å². The van der Waals surface area contributed by atoms with Crippen LogP contribution >= 0.6 is 8.15 Å². The van der Waals surface area contributed by atoms with E-state index in [4.69, 9.17) is 15.0 Å². The van der Waals surface area contributed by atoms with Crippen molar-refractivity contribution >= 4 is 25.0 Å². The molecule has 1 saturated carbocycles. The summed E-state index contributed by atoms with van der Waals surface area (Å²) in [6.07, 6.45) is 9.79. The van der Waals surface area contributed by atoms with Crippen molar-refractivity contribution in [1.82, 2.24) is 19.9 Å². The average Bonchev–Trinajstić information content (AvgIpc) is 3.22. The quantitative estimate of drug-likeness (QED) is 0.446. The summed E-state index contributed by atoms with van der Waals surface area (Å²) < 4.78 is 11.4. The van der Waals surface area contributed by atoms with Gasteiger partial charge in [-0.05, 0) is 63.8 Å². The van der Waals surface area contributed by atoms with Crippen LogP contribution in [0.15, 0.2) is 36.8 Å². The molecule has 0 radical (unpaired) electrons. The third-order valence-corrected chi connectivity index (χ3v) is 7.07. The van der Waals surface area contributed by atoms with Gasteiger partial charge in [-0.25, -0.2) is 9.97 Å². The molecular formula is C25H38N5O2P. The number of nitrogen functional groups attached to an aromatic ring is 1. The number of rotatable bonds is 6.